The summed E-state index contributed by atoms with van der Waals surface area (Å²) < 4.78 is 12.9. The Hall–Kier alpha value is -1.46. The number of amides is 1. The van der Waals surface area contributed by atoms with Gasteiger partial charge in [0.05, 0.1) is 12.1 Å². The summed E-state index contributed by atoms with van der Waals surface area (Å²) in [4.78, 5) is 16.5. The first-order chi connectivity index (χ1) is 10.1. The lowest BCUT2D eigenvalue weighted by atomic mass is 10.1. The maximum atomic E-state index is 12.9. The number of likely N-dealkylation sites (tertiary alicyclic amines) is 2. The zero-order valence-electron chi connectivity index (χ0n) is 12.0. The minimum atomic E-state index is -0.374. The number of carbonyl (C=O) groups is 1. The minimum Gasteiger partial charge on any atom is -0.391 e. The van der Waals surface area contributed by atoms with E-state index < -0.39 is 0 Å². The Morgan fingerprint density at radius 1 is 1.24 bits per heavy atom. The van der Waals surface area contributed by atoms with Gasteiger partial charge in [0, 0.05) is 19.6 Å². The van der Waals surface area contributed by atoms with Crippen molar-refractivity contribution in [3.8, 4) is 0 Å². The van der Waals surface area contributed by atoms with Crippen molar-refractivity contribution in [1.82, 2.24) is 9.80 Å². The first kappa shape index (κ1) is 14.5. The Balaban J connectivity index is 1.65. The van der Waals surface area contributed by atoms with Gasteiger partial charge in [-0.05, 0) is 43.5 Å². The van der Waals surface area contributed by atoms with Gasteiger partial charge < -0.3 is 10.0 Å². The van der Waals surface area contributed by atoms with Gasteiger partial charge in [-0.1, -0.05) is 12.1 Å². The van der Waals surface area contributed by atoms with E-state index in [1.54, 1.807) is 17.0 Å². The highest BCUT2D eigenvalue weighted by Crippen LogP contribution is 2.23. The lowest BCUT2D eigenvalue weighted by Gasteiger charge is -2.27. The number of nitrogens with zero attached hydrogens (tertiary/aromatic N) is 2. The summed E-state index contributed by atoms with van der Waals surface area (Å²) in [6.07, 6.45) is 2.18. The third-order valence-corrected chi connectivity index (χ3v) is 4.42. The van der Waals surface area contributed by atoms with Crippen LogP contribution in [0.5, 0.6) is 0 Å². The maximum absolute atomic E-state index is 12.9. The minimum absolute atomic E-state index is 0.0969. The predicted octanol–water partition coefficient (Wildman–Crippen LogP) is 1.38. The van der Waals surface area contributed by atoms with Crippen LogP contribution >= 0.6 is 0 Å². The van der Waals surface area contributed by atoms with Crippen molar-refractivity contribution < 1.29 is 14.3 Å². The van der Waals surface area contributed by atoms with Crippen LogP contribution in [0.1, 0.15) is 24.8 Å². The van der Waals surface area contributed by atoms with Crippen LogP contribution in [0.2, 0.25) is 0 Å². The molecule has 2 aliphatic rings. The molecule has 0 radical (unpaired) electrons. The van der Waals surface area contributed by atoms with Crippen LogP contribution in [0.15, 0.2) is 24.3 Å². The number of hydrogen-bond donors (Lipinski definition) is 1. The number of aliphatic hydroxyl groups is 1. The van der Waals surface area contributed by atoms with Gasteiger partial charge in [-0.3, -0.25) is 9.69 Å². The molecule has 0 aliphatic carbocycles. The quantitative estimate of drug-likeness (QED) is 0.915. The van der Waals surface area contributed by atoms with Crippen LogP contribution in [0, 0.1) is 5.82 Å². The molecule has 1 aromatic rings. The predicted molar refractivity (Wildman–Crippen MR) is 77.0 cm³/mol. The van der Waals surface area contributed by atoms with Crippen LogP contribution in [0.4, 0.5) is 4.39 Å². The fourth-order valence-electron chi connectivity index (χ4n) is 3.27. The standard InChI is InChI=1S/C16H21FN2O2/c17-13-5-3-12(4-6-13)10-18-8-1-2-15(18)16(21)19-9-7-14(20)11-19/h3-6,14-15,20H,1-2,7-11H2/t14-,15?/m1/s1. The molecule has 2 aliphatic heterocycles. The number of aliphatic hydroxyl groups excluding tert-OH is 1. The largest absolute Gasteiger partial charge is 0.391 e. The summed E-state index contributed by atoms with van der Waals surface area (Å²) in [5.41, 5.74) is 1.03. The van der Waals surface area contributed by atoms with Crippen molar-refractivity contribution >= 4 is 5.91 Å². The summed E-state index contributed by atoms with van der Waals surface area (Å²) in [7, 11) is 0. The van der Waals surface area contributed by atoms with Crippen LogP contribution in [0.3, 0.4) is 0 Å². The fraction of sp³-hybridized carbons (Fsp3) is 0.562. The third kappa shape index (κ3) is 3.24. The van der Waals surface area contributed by atoms with Gasteiger partial charge in [-0.15, -0.1) is 0 Å². The van der Waals surface area contributed by atoms with E-state index in [1.165, 1.54) is 12.1 Å². The molecule has 1 amide bonds. The number of rotatable bonds is 3. The SMILES string of the molecule is O=C(C1CCCN1Cc1ccc(F)cc1)N1CC[C@@H](O)C1. The van der Waals surface area contributed by atoms with E-state index in [0.29, 0.717) is 26.1 Å². The van der Waals surface area contributed by atoms with Gasteiger partial charge in [0.2, 0.25) is 5.91 Å². The molecule has 0 saturated carbocycles. The molecule has 21 heavy (non-hydrogen) atoms. The van der Waals surface area contributed by atoms with E-state index in [4.69, 9.17) is 0 Å². The highest BCUT2D eigenvalue weighted by atomic mass is 19.1. The van der Waals surface area contributed by atoms with Crippen molar-refractivity contribution in [2.45, 2.75) is 38.0 Å². The average Bonchev–Trinajstić information content (AvgIpc) is 3.10. The molecule has 0 bridgehead atoms. The molecular formula is C16H21FN2O2. The van der Waals surface area contributed by atoms with E-state index >= 15 is 0 Å². The van der Waals surface area contributed by atoms with E-state index in [0.717, 1.165) is 24.9 Å². The van der Waals surface area contributed by atoms with E-state index in [2.05, 4.69) is 4.90 Å². The second kappa shape index (κ2) is 6.12. The molecule has 1 aromatic carbocycles. The molecule has 2 atom stereocenters. The van der Waals surface area contributed by atoms with Crippen LogP contribution in [-0.2, 0) is 11.3 Å². The van der Waals surface area contributed by atoms with Gasteiger partial charge >= 0.3 is 0 Å². The molecular weight excluding hydrogens is 271 g/mol. The number of benzene rings is 1. The molecule has 1 N–H and O–H groups in total. The summed E-state index contributed by atoms with van der Waals surface area (Å²) in [6, 6.07) is 6.36. The Labute approximate surface area is 124 Å². The van der Waals surface area contributed by atoms with Gasteiger partial charge in [0.1, 0.15) is 5.82 Å². The Morgan fingerprint density at radius 2 is 2.00 bits per heavy atom. The molecule has 0 aromatic heterocycles. The summed E-state index contributed by atoms with van der Waals surface area (Å²) >= 11 is 0. The Morgan fingerprint density at radius 3 is 2.67 bits per heavy atom. The topological polar surface area (TPSA) is 43.8 Å². The summed E-state index contributed by atoms with van der Waals surface area (Å²) in [5.74, 6) is -0.106. The van der Waals surface area contributed by atoms with Crippen LogP contribution in [-0.4, -0.2) is 52.6 Å². The molecule has 3 rings (SSSR count). The Kier molecular flexibility index (Phi) is 4.22. The van der Waals surface area contributed by atoms with Crippen molar-refractivity contribution in [1.29, 1.82) is 0 Å². The highest BCUT2D eigenvalue weighted by molar-refractivity contribution is 5.82. The van der Waals surface area contributed by atoms with Gasteiger partial charge in [-0.25, -0.2) is 4.39 Å². The number of halogens is 1. The molecule has 1 unspecified atom stereocenters. The first-order valence-electron chi connectivity index (χ1n) is 7.59. The van der Waals surface area contributed by atoms with Gasteiger partial charge in [0.15, 0.2) is 0 Å². The molecule has 2 fully saturated rings. The highest BCUT2D eigenvalue weighted by Gasteiger charge is 2.36. The van der Waals surface area contributed by atoms with Crippen molar-refractivity contribution in [2.75, 3.05) is 19.6 Å². The average molecular weight is 292 g/mol. The lowest BCUT2D eigenvalue weighted by molar-refractivity contribution is -0.135. The molecule has 2 saturated heterocycles. The van der Waals surface area contributed by atoms with Crippen molar-refractivity contribution in [3.05, 3.63) is 35.6 Å². The summed E-state index contributed by atoms with van der Waals surface area (Å²) in [6.45, 7) is 2.68. The molecule has 5 heteroatoms. The van der Waals surface area contributed by atoms with Crippen LogP contribution in [0.25, 0.3) is 0 Å². The number of carbonyl (C=O) groups excluding carboxylic acids is 1. The van der Waals surface area contributed by atoms with Gasteiger partial charge in [-0.2, -0.15) is 0 Å². The van der Waals surface area contributed by atoms with E-state index in [1.807, 2.05) is 0 Å². The molecule has 4 nitrogen and oxygen atoms in total. The van der Waals surface area contributed by atoms with Crippen LogP contribution < -0.4 is 0 Å². The lowest BCUT2D eigenvalue weighted by Crippen LogP contribution is -2.44. The number of hydrogen-bond acceptors (Lipinski definition) is 3. The third-order valence-electron chi connectivity index (χ3n) is 4.42. The van der Waals surface area contributed by atoms with E-state index in [9.17, 15) is 14.3 Å². The maximum Gasteiger partial charge on any atom is 0.240 e. The molecule has 0 spiro atoms. The normalized spacial score (nSPS) is 26.5. The molecule has 114 valence electrons. The second-order valence-corrected chi connectivity index (χ2v) is 5.98. The number of β-amino-alcohol motifs (C(OH)–C–C–N with tert-alkyl or cyclic N) is 1. The monoisotopic (exact) mass is 292 g/mol. The smallest absolute Gasteiger partial charge is 0.240 e. The summed E-state index contributed by atoms with van der Waals surface area (Å²) in [5, 5.41) is 9.58. The zero-order valence-corrected chi connectivity index (χ0v) is 12.0. The second-order valence-electron chi connectivity index (χ2n) is 5.98. The zero-order chi connectivity index (χ0) is 14.8. The first-order valence-corrected chi connectivity index (χ1v) is 7.59. The van der Waals surface area contributed by atoms with Crippen molar-refractivity contribution in [3.63, 3.8) is 0 Å². The fourth-order valence-corrected chi connectivity index (χ4v) is 3.27. The Bertz CT molecular complexity index is 506. The molecule has 2 heterocycles. The van der Waals surface area contributed by atoms with Gasteiger partial charge in [0.25, 0.3) is 0 Å². The van der Waals surface area contributed by atoms with Crippen molar-refractivity contribution in [2.24, 2.45) is 0 Å². The van der Waals surface area contributed by atoms with E-state index in [-0.39, 0.29) is 23.9 Å².